The Bertz CT molecular complexity index is 422. The van der Waals surface area contributed by atoms with E-state index >= 15 is 0 Å². The molecule has 0 atom stereocenters. The van der Waals surface area contributed by atoms with E-state index in [0.717, 1.165) is 6.42 Å². The number of nitrogens with two attached hydrogens (primary N) is 1. The maximum atomic E-state index is 11.6. The molecule has 0 aromatic heterocycles. The number of carbonyl (C=O) groups excluding carboxylic acids is 1. The molecule has 0 aliphatic carbocycles. The molecule has 1 aromatic rings. The standard InChI is InChI=1S/C14H21NO5/c1-17-6-3-7-19-8-9-20-13-5-4-11(15)10-12(13)14(16)18-2/h4-5,10H,3,6-9,15H2,1-2H3. The maximum absolute atomic E-state index is 11.6. The lowest BCUT2D eigenvalue weighted by molar-refractivity contribution is 0.0587. The van der Waals surface area contributed by atoms with Gasteiger partial charge in [-0.15, -0.1) is 0 Å². The summed E-state index contributed by atoms with van der Waals surface area (Å²) in [4.78, 5) is 11.6. The number of anilines is 1. The number of hydrogen-bond donors (Lipinski definition) is 1. The second kappa shape index (κ2) is 9.17. The number of nitrogen functional groups attached to an aromatic ring is 1. The summed E-state index contributed by atoms with van der Waals surface area (Å²) in [6.45, 7) is 2.07. The van der Waals surface area contributed by atoms with Crippen molar-refractivity contribution < 1.29 is 23.7 Å². The van der Waals surface area contributed by atoms with E-state index in [2.05, 4.69) is 4.74 Å². The first kappa shape index (κ1) is 16.3. The summed E-state index contributed by atoms with van der Waals surface area (Å²) in [5.41, 5.74) is 6.44. The van der Waals surface area contributed by atoms with Gasteiger partial charge in [0, 0.05) is 26.0 Å². The molecule has 0 spiro atoms. The highest BCUT2D eigenvalue weighted by Crippen LogP contribution is 2.22. The molecule has 0 unspecified atom stereocenters. The predicted molar refractivity (Wildman–Crippen MR) is 75.0 cm³/mol. The zero-order valence-electron chi connectivity index (χ0n) is 11.9. The summed E-state index contributed by atoms with van der Waals surface area (Å²) in [5.74, 6) is -0.0418. The van der Waals surface area contributed by atoms with Crippen molar-refractivity contribution in [1.82, 2.24) is 0 Å². The predicted octanol–water partition coefficient (Wildman–Crippen LogP) is 1.49. The van der Waals surface area contributed by atoms with Crippen LogP contribution in [0.25, 0.3) is 0 Å². The molecule has 0 radical (unpaired) electrons. The van der Waals surface area contributed by atoms with E-state index in [9.17, 15) is 4.79 Å². The van der Waals surface area contributed by atoms with Crippen LogP contribution in [0.15, 0.2) is 18.2 Å². The molecule has 0 aliphatic heterocycles. The van der Waals surface area contributed by atoms with E-state index in [-0.39, 0.29) is 0 Å². The van der Waals surface area contributed by atoms with Crippen LogP contribution in [0, 0.1) is 0 Å². The molecule has 1 aromatic carbocycles. The summed E-state index contributed by atoms with van der Waals surface area (Å²) in [7, 11) is 2.97. The molecule has 0 bridgehead atoms. The lowest BCUT2D eigenvalue weighted by atomic mass is 10.2. The molecule has 0 saturated heterocycles. The average molecular weight is 283 g/mol. The van der Waals surface area contributed by atoms with Crippen molar-refractivity contribution in [1.29, 1.82) is 0 Å². The molecule has 20 heavy (non-hydrogen) atoms. The highest BCUT2D eigenvalue weighted by atomic mass is 16.5. The largest absolute Gasteiger partial charge is 0.490 e. The van der Waals surface area contributed by atoms with Gasteiger partial charge in [-0.25, -0.2) is 4.79 Å². The first-order chi connectivity index (χ1) is 9.69. The number of rotatable bonds is 9. The Kier molecular flexibility index (Phi) is 7.46. The van der Waals surface area contributed by atoms with Crippen molar-refractivity contribution in [2.24, 2.45) is 0 Å². The van der Waals surface area contributed by atoms with Crippen molar-refractivity contribution in [3.8, 4) is 5.75 Å². The first-order valence-corrected chi connectivity index (χ1v) is 6.36. The molecular formula is C14H21NO5. The van der Waals surface area contributed by atoms with E-state index < -0.39 is 5.97 Å². The van der Waals surface area contributed by atoms with Crippen molar-refractivity contribution in [3.63, 3.8) is 0 Å². The molecule has 6 nitrogen and oxygen atoms in total. The molecule has 112 valence electrons. The number of hydrogen-bond acceptors (Lipinski definition) is 6. The Labute approximate surface area is 118 Å². The zero-order valence-corrected chi connectivity index (χ0v) is 11.9. The van der Waals surface area contributed by atoms with E-state index in [1.165, 1.54) is 13.2 Å². The Hall–Kier alpha value is -1.79. The Morgan fingerprint density at radius 2 is 1.95 bits per heavy atom. The van der Waals surface area contributed by atoms with Crippen LogP contribution >= 0.6 is 0 Å². The van der Waals surface area contributed by atoms with Crippen LogP contribution in [0.3, 0.4) is 0 Å². The van der Waals surface area contributed by atoms with Crippen molar-refractivity contribution in [2.45, 2.75) is 6.42 Å². The number of carbonyl (C=O) groups is 1. The fourth-order valence-electron chi connectivity index (χ4n) is 1.56. The topological polar surface area (TPSA) is 80.0 Å². The van der Waals surface area contributed by atoms with Crippen molar-refractivity contribution >= 4 is 11.7 Å². The molecule has 0 amide bonds. The monoisotopic (exact) mass is 283 g/mol. The molecule has 1 rings (SSSR count). The second-order valence-electron chi connectivity index (χ2n) is 4.05. The normalized spacial score (nSPS) is 10.3. The molecule has 0 saturated carbocycles. The summed E-state index contributed by atoms with van der Waals surface area (Å²) in [6.07, 6.45) is 0.839. The van der Waals surface area contributed by atoms with E-state index in [1.807, 2.05) is 0 Å². The molecule has 6 heteroatoms. The van der Waals surface area contributed by atoms with E-state index in [0.29, 0.717) is 43.4 Å². The summed E-state index contributed by atoms with van der Waals surface area (Å²) in [6, 6.07) is 4.84. The van der Waals surface area contributed by atoms with Gasteiger partial charge in [0.15, 0.2) is 0 Å². The van der Waals surface area contributed by atoms with Crippen molar-refractivity contribution in [2.75, 3.05) is 46.4 Å². The minimum absolute atomic E-state index is 0.312. The Morgan fingerprint density at radius 3 is 2.65 bits per heavy atom. The summed E-state index contributed by atoms with van der Waals surface area (Å²) >= 11 is 0. The van der Waals surface area contributed by atoms with Gasteiger partial charge in [-0.2, -0.15) is 0 Å². The smallest absolute Gasteiger partial charge is 0.341 e. The van der Waals surface area contributed by atoms with E-state index in [1.54, 1.807) is 19.2 Å². The number of ether oxygens (including phenoxy) is 4. The minimum atomic E-state index is -0.478. The number of benzene rings is 1. The minimum Gasteiger partial charge on any atom is -0.490 e. The van der Waals surface area contributed by atoms with Gasteiger partial charge in [-0.1, -0.05) is 0 Å². The van der Waals surface area contributed by atoms with Crippen LogP contribution in [-0.2, 0) is 14.2 Å². The average Bonchev–Trinajstić information content (AvgIpc) is 2.46. The molecule has 0 heterocycles. The van der Waals surface area contributed by atoms with Crippen LogP contribution in [0.4, 0.5) is 5.69 Å². The van der Waals surface area contributed by atoms with Crippen LogP contribution in [0.2, 0.25) is 0 Å². The van der Waals surface area contributed by atoms with Crippen LogP contribution in [0.1, 0.15) is 16.8 Å². The third kappa shape index (κ3) is 5.46. The van der Waals surface area contributed by atoms with Gasteiger partial charge in [-0.3, -0.25) is 0 Å². The van der Waals surface area contributed by atoms with Gasteiger partial charge in [0.2, 0.25) is 0 Å². The number of methoxy groups -OCH3 is 2. The summed E-state index contributed by atoms with van der Waals surface area (Å²) in [5, 5.41) is 0. The maximum Gasteiger partial charge on any atom is 0.341 e. The van der Waals surface area contributed by atoms with E-state index in [4.69, 9.17) is 19.9 Å². The molecule has 0 fully saturated rings. The van der Waals surface area contributed by atoms with Gasteiger partial charge in [0.25, 0.3) is 0 Å². The molecule has 2 N–H and O–H groups in total. The Morgan fingerprint density at radius 1 is 1.15 bits per heavy atom. The third-order valence-corrected chi connectivity index (χ3v) is 2.53. The quantitative estimate of drug-likeness (QED) is 0.420. The first-order valence-electron chi connectivity index (χ1n) is 6.36. The fraction of sp³-hybridized carbons (Fsp3) is 0.500. The van der Waals surface area contributed by atoms with Gasteiger partial charge in [0.05, 0.1) is 13.7 Å². The van der Waals surface area contributed by atoms with Gasteiger partial charge in [0.1, 0.15) is 17.9 Å². The highest BCUT2D eigenvalue weighted by molar-refractivity contribution is 5.93. The summed E-state index contributed by atoms with van der Waals surface area (Å²) < 4.78 is 20.5. The molecule has 0 aliphatic rings. The van der Waals surface area contributed by atoms with Gasteiger partial charge in [-0.05, 0) is 24.6 Å². The van der Waals surface area contributed by atoms with Gasteiger partial charge >= 0.3 is 5.97 Å². The third-order valence-electron chi connectivity index (χ3n) is 2.53. The lowest BCUT2D eigenvalue weighted by Crippen LogP contribution is -2.11. The number of esters is 1. The van der Waals surface area contributed by atoms with Crippen molar-refractivity contribution in [3.05, 3.63) is 23.8 Å². The second-order valence-corrected chi connectivity index (χ2v) is 4.05. The fourth-order valence-corrected chi connectivity index (χ4v) is 1.56. The highest BCUT2D eigenvalue weighted by Gasteiger charge is 2.13. The molecular weight excluding hydrogens is 262 g/mol. The van der Waals surface area contributed by atoms with Crippen LogP contribution in [0.5, 0.6) is 5.75 Å². The zero-order chi connectivity index (χ0) is 14.8. The Balaban J connectivity index is 2.41. The van der Waals surface area contributed by atoms with Crippen LogP contribution < -0.4 is 10.5 Å². The van der Waals surface area contributed by atoms with Crippen LogP contribution in [-0.4, -0.2) is 46.6 Å². The SMILES string of the molecule is COCCCOCCOc1ccc(N)cc1C(=O)OC. The lowest BCUT2D eigenvalue weighted by Gasteiger charge is -2.11. The van der Waals surface area contributed by atoms with Gasteiger partial charge < -0.3 is 24.7 Å².